The maximum absolute atomic E-state index is 16.0. The first kappa shape index (κ1) is 25.9. The second kappa shape index (κ2) is 8.38. The number of aliphatic hydroxyl groups is 1. The number of hydrogen-bond acceptors (Lipinski definition) is 7. The van der Waals surface area contributed by atoms with Gasteiger partial charge < -0.3 is 14.9 Å². The Morgan fingerprint density at radius 3 is 2.21 bits per heavy atom. The van der Waals surface area contributed by atoms with Gasteiger partial charge in [-0.15, -0.1) is 0 Å². The Kier molecular flexibility index (Phi) is 5.71. The average molecular weight is 541 g/mol. The van der Waals surface area contributed by atoms with Crippen LogP contribution in [0.25, 0.3) is 5.69 Å². The van der Waals surface area contributed by atoms with Crippen LogP contribution in [0.2, 0.25) is 0 Å². The molecule has 2 aliphatic rings. The maximum atomic E-state index is 16.0. The van der Waals surface area contributed by atoms with Crippen molar-refractivity contribution >= 4 is 11.9 Å². The normalized spacial score (nSPS) is 25.0. The van der Waals surface area contributed by atoms with Gasteiger partial charge in [-0.2, -0.15) is 28.2 Å². The van der Waals surface area contributed by atoms with Gasteiger partial charge in [0.15, 0.2) is 16.9 Å². The molecule has 0 aliphatic carbocycles. The summed E-state index contributed by atoms with van der Waals surface area (Å²) in [5, 5.41) is 17.8. The number of aromatic nitrogens is 5. The molecule has 0 spiro atoms. The van der Waals surface area contributed by atoms with Crippen molar-refractivity contribution in [2.45, 2.75) is 37.0 Å². The average Bonchev–Trinajstić information content (AvgIpc) is 3.49. The van der Waals surface area contributed by atoms with E-state index < -0.39 is 78.2 Å². The highest BCUT2D eigenvalue weighted by Crippen LogP contribution is 2.46. The molecule has 2 fully saturated rings. The van der Waals surface area contributed by atoms with E-state index in [1.54, 1.807) is 0 Å². The number of rotatable bonds is 4. The van der Waals surface area contributed by atoms with Gasteiger partial charge in [-0.1, -0.05) is 6.07 Å². The molecule has 1 unspecified atom stereocenters. The molecule has 3 atom stereocenters. The van der Waals surface area contributed by atoms with Crippen LogP contribution in [0, 0.1) is 12.7 Å². The summed E-state index contributed by atoms with van der Waals surface area (Å²) in [5.74, 6) is -2.30. The summed E-state index contributed by atoms with van der Waals surface area (Å²) in [7, 11) is 0. The topological polar surface area (TPSA) is 100 Å². The number of likely N-dealkylation sites (tertiary alicyclic amines) is 1. The number of carbonyl (C=O) groups excluding carboxylic acids is 1. The molecule has 1 amide bonds. The number of halogens is 6. The molecule has 9 nitrogen and oxygen atoms in total. The smallest absolute Gasteiger partial charge is 0.375 e. The fourth-order valence-corrected chi connectivity index (χ4v) is 4.75. The Morgan fingerprint density at radius 2 is 1.63 bits per heavy atom. The molecule has 2 saturated heterocycles. The number of nitrogens with zero attached hydrogens (tertiary/aromatic N) is 7. The van der Waals surface area contributed by atoms with Crippen molar-refractivity contribution in [3.8, 4) is 5.69 Å². The quantitative estimate of drug-likeness (QED) is 0.507. The lowest BCUT2D eigenvalue weighted by atomic mass is 9.94. The van der Waals surface area contributed by atoms with Crippen LogP contribution < -0.4 is 4.90 Å². The lowest BCUT2D eigenvalue weighted by Crippen LogP contribution is -2.44. The second-order valence-electron chi connectivity index (χ2n) is 9.66. The van der Waals surface area contributed by atoms with Crippen LogP contribution in [-0.2, 0) is 5.60 Å². The molecule has 0 bridgehead atoms. The molecule has 38 heavy (non-hydrogen) atoms. The van der Waals surface area contributed by atoms with Gasteiger partial charge in [-0.25, -0.2) is 23.1 Å². The second-order valence-corrected chi connectivity index (χ2v) is 9.66. The third-order valence-corrected chi connectivity index (χ3v) is 6.87. The van der Waals surface area contributed by atoms with Gasteiger partial charge in [0.1, 0.15) is 17.1 Å². The molecule has 1 N–H and O–H groups in total. The number of benzene rings is 1. The van der Waals surface area contributed by atoms with Crippen LogP contribution in [0.5, 0.6) is 0 Å². The minimum atomic E-state index is -5.06. The van der Waals surface area contributed by atoms with Crippen LogP contribution in [0.15, 0.2) is 36.7 Å². The van der Waals surface area contributed by atoms with E-state index in [9.17, 15) is 27.5 Å². The highest BCUT2D eigenvalue weighted by molar-refractivity contribution is 5.98. The summed E-state index contributed by atoms with van der Waals surface area (Å²) >= 11 is 0. The summed E-state index contributed by atoms with van der Waals surface area (Å²) in [6.45, 7) is -1.00. The first-order chi connectivity index (χ1) is 17.7. The van der Waals surface area contributed by atoms with Crippen molar-refractivity contribution in [3.63, 3.8) is 0 Å². The number of anilines is 1. The lowest BCUT2D eigenvalue weighted by molar-refractivity contribution is -0.260. The van der Waals surface area contributed by atoms with Gasteiger partial charge in [-0.3, -0.25) is 4.79 Å². The number of amides is 1. The van der Waals surface area contributed by atoms with Crippen LogP contribution in [0.4, 0.5) is 32.3 Å². The van der Waals surface area contributed by atoms with E-state index >= 15 is 8.78 Å². The first-order valence-electron chi connectivity index (χ1n) is 11.4. The van der Waals surface area contributed by atoms with Gasteiger partial charge in [0, 0.05) is 5.69 Å². The van der Waals surface area contributed by atoms with Crippen LogP contribution in [0.1, 0.15) is 28.7 Å². The Labute approximate surface area is 211 Å². The zero-order valence-electron chi connectivity index (χ0n) is 20.0. The first-order valence-corrected chi connectivity index (χ1v) is 11.4. The van der Waals surface area contributed by atoms with Crippen LogP contribution in [0.3, 0.4) is 0 Å². The van der Waals surface area contributed by atoms with E-state index in [1.165, 1.54) is 31.5 Å². The fraction of sp³-hybridized carbons (Fsp3) is 0.435. The molecule has 15 heteroatoms. The Bertz CT molecular complexity index is 1380. The van der Waals surface area contributed by atoms with Gasteiger partial charge in [0.25, 0.3) is 5.91 Å². The molecule has 2 aromatic heterocycles. The van der Waals surface area contributed by atoms with Crippen LogP contribution in [-0.4, -0.2) is 84.6 Å². The molecule has 4 heterocycles. The van der Waals surface area contributed by atoms with E-state index in [1.807, 2.05) is 0 Å². The highest BCUT2D eigenvalue weighted by Gasteiger charge is 2.67. The number of hydrogen-bond donors (Lipinski definition) is 1. The molecular weight excluding hydrogens is 520 g/mol. The maximum Gasteiger partial charge on any atom is 0.422 e. The molecule has 202 valence electrons. The molecule has 2 aliphatic heterocycles. The van der Waals surface area contributed by atoms with Crippen LogP contribution >= 0.6 is 0 Å². The van der Waals surface area contributed by atoms with Gasteiger partial charge in [0.2, 0.25) is 5.95 Å². The third-order valence-electron chi connectivity index (χ3n) is 6.87. The zero-order valence-corrected chi connectivity index (χ0v) is 20.0. The van der Waals surface area contributed by atoms with Crippen molar-refractivity contribution in [2.75, 3.05) is 31.1 Å². The van der Waals surface area contributed by atoms with Gasteiger partial charge >= 0.3 is 6.18 Å². The van der Waals surface area contributed by atoms with Crippen molar-refractivity contribution in [1.82, 2.24) is 29.9 Å². The summed E-state index contributed by atoms with van der Waals surface area (Å²) in [4.78, 5) is 23.9. The van der Waals surface area contributed by atoms with E-state index in [-0.39, 0.29) is 11.4 Å². The predicted molar refractivity (Wildman–Crippen MR) is 120 cm³/mol. The van der Waals surface area contributed by atoms with Crippen molar-refractivity contribution in [2.24, 2.45) is 0 Å². The summed E-state index contributed by atoms with van der Waals surface area (Å²) in [6.07, 6.45) is -2.44. The Hall–Kier alpha value is -3.75. The lowest BCUT2D eigenvalue weighted by Gasteiger charge is -2.28. The summed E-state index contributed by atoms with van der Waals surface area (Å²) < 4.78 is 86.9. The van der Waals surface area contributed by atoms with Crippen molar-refractivity contribution in [3.05, 3.63) is 59.4 Å². The number of alkyl halides is 5. The molecule has 3 aromatic rings. The minimum Gasteiger partial charge on any atom is -0.375 e. The fourth-order valence-electron chi connectivity index (χ4n) is 4.75. The highest BCUT2D eigenvalue weighted by atomic mass is 19.4. The molecule has 5 rings (SSSR count). The van der Waals surface area contributed by atoms with Gasteiger partial charge in [0.05, 0.1) is 44.3 Å². The molecule has 0 radical (unpaired) electrons. The van der Waals surface area contributed by atoms with E-state index in [4.69, 9.17) is 0 Å². The van der Waals surface area contributed by atoms with Crippen molar-refractivity contribution in [1.29, 1.82) is 0 Å². The van der Waals surface area contributed by atoms with Gasteiger partial charge in [-0.05, 0) is 32.0 Å². The minimum absolute atomic E-state index is 0.0168. The monoisotopic (exact) mass is 541 g/mol. The Balaban J connectivity index is 1.42. The number of fused-ring (bicyclic) bond motifs is 1. The van der Waals surface area contributed by atoms with E-state index in [0.717, 1.165) is 26.7 Å². The zero-order chi connectivity index (χ0) is 27.7. The molecule has 1 aromatic carbocycles. The SMILES string of the molecule is Cc1cc(C(C)(O)C(F)(F)F)nc(N2C[C@]3(F)CN(C(=O)c4c(F)cccc4-n4nccn4)C[C@]3(F)C2)n1. The standard InChI is InChI=1S/C23H21F6N7O2/c1-13-8-16(20(2,38)23(27,28)29)33-19(32-13)35-11-21(25)9-34(10-22(21,26)12-35)18(37)17-14(24)4-3-5-15(17)36-30-6-7-31-36/h3-8,38H,9-12H2,1-2H3/t20?,21-,22+. The summed E-state index contributed by atoms with van der Waals surface area (Å²) in [5.41, 5.74) is -9.85. The number of carbonyl (C=O) groups is 1. The number of aryl methyl sites for hydroxylation is 1. The van der Waals surface area contributed by atoms with E-state index in [0.29, 0.717) is 6.92 Å². The Morgan fingerprint density at radius 1 is 1.03 bits per heavy atom. The van der Waals surface area contributed by atoms with E-state index in [2.05, 4.69) is 20.2 Å². The third kappa shape index (κ3) is 3.95. The largest absolute Gasteiger partial charge is 0.422 e. The van der Waals surface area contributed by atoms with Crippen molar-refractivity contribution < 1.29 is 36.2 Å². The molecular formula is C23H21F6N7O2. The summed E-state index contributed by atoms with van der Waals surface area (Å²) in [6, 6.07) is 4.68. The molecule has 0 saturated carbocycles. The predicted octanol–water partition coefficient (Wildman–Crippen LogP) is 2.67.